The van der Waals surface area contributed by atoms with Crippen molar-refractivity contribution in [2.45, 2.75) is 19.8 Å². The van der Waals surface area contributed by atoms with Crippen LogP contribution in [0.5, 0.6) is 23.0 Å². The fourth-order valence-corrected chi connectivity index (χ4v) is 2.99. The van der Waals surface area contributed by atoms with E-state index < -0.39 is 0 Å². The number of hydrogen-bond donors (Lipinski definition) is 1. The predicted molar refractivity (Wildman–Crippen MR) is 109 cm³/mol. The van der Waals surface area contributed by atoms with Crippen molar-refractivity contribution in [2.24, 2.45) is 5.92 Å². The van der Waals surface area contributed by atoms with Gasteiger partial charge in [-0.15, -0.1) is 0 Å². The van der Waals surface area contributed by atoms with Gasteiger partial charge in [-0.2, -0.15) is 0 Å². The summed E-state index contributed by atoms with van der Waals surface area (Å²) in [7, 11) is 6.43. The number of nitrogens with one attached hydrogen (secondary N) is 1. The molecule has 1 amide bonds. The molecular formula is C22H29NO5. The minimum Gasteiger partial charge on any atom is -0.493 e. The van der Waals surface area contributed by atoms with Crippen molar-refractivity contribution in [1.82, 2.24) is 5.32 Å². The lowest BCUT2D eigenvalue weighted by Crippen LogP contribution is -2.31. The standard InChI is InChI=1S/C22H29NO5/c1-15(12-17-7-9-19(26-3)21(14-17)28-5)22(24)23-11-10-16-6-8-18(25-2)20(13-16)27-4/h6-9,13-15H,10-12H2,1-5H3,(H,23,24). The third kappa shape index (κ3) is 5.55. The molecule has 0 fully saturated rings. The predicted octanol–water partition coefficient (Wildman–Crippen LogP) is 3.26. The van der Waals surface area contributed by atoms with E-state index in [1.165, 1.54) is 0 Å². The first-order valence-electron chi connectivity index (χ1n) is 9.21. The van der Waals surface area contributed by atoms with E-state index in [1.807, 2.05) is 43.3 Å². The van der Waals surface area contributed by atoms with Crippen LogP contribution >= 0.6 is 0 Å². The maximum absolute atomic E-state index is 12.4. The van der Waals surface area contributed by atoms with E-state index in [4.69, 9.17) is 18.9 Å². The molecule has 0 aliphatic heterocycles. The maximum Gasteiger partial charge on any atom is 0.223 e. The summed E-state index contributed by atoms with van der Waals surface area (Å²) in [6.45, 7) is 2.48. The summed E-state index contributed by atoms with van der Waals surface area (Å²) in [5.74, 6) is 2.60. The number of amides is 1. The van der Waals surface area contributed by atoms with Crippen LogP contribution < -0.4 is 24.3 Å². The summed E-state index contributed by atoms with van der Waals surface area (Å²) < 4.78 is 21.1. The molecule has 0 aliphatic rings. The highest BCUT2D eigenvalue weighted by molar-refractivity contribution is 5.78. The van der Waals surface area contributed by atoms with E-state index in [2.05, 4.69) is 5.32 Å². The molecule has 0 aliphatic carbocycles. The highest BCUT2D eigenvalue weighted by Gasteiger charge is 2.15. The number of benzene rings is 2. The molecule has 0 radical (unpaired) electrons. The van der Waals surface area contributed by atoms with Gasteiger partial charge in [0.2, 0.25) is 5.91 Å². The molecule has 28 heavy (non-hydrogen) atoms. The minimum absolute atomic E-state index is 0.0234. The van der Waals surface area contributed by atoms with Crippen LogP contribution in [-0.2, 0) is 17.6 Å². The van der Waals surface area contributed by atoms with Crippen molar-refractivity contribution >= 4 is 5.91 Å². The second kappa shape index (κ2) is 10.4. The maximum atomic E-state index is 12.4. The number of ether oxygens (including phenoxy) is 4. The Balaban J connectivity index is 1.87. The third-order valence-corrected chi connectivity index (χ3v) is 4.60. The van der Waals surface area contributed by atoms with Gasteiger partial charge in [-0.3, -0.25) is 4.79 Å². The fourth-order valence-electron chi connectivity index (χ4n) is 2.99. The number of methoxy groups -OCH3 is 4. The Labute approximate surface area is 166 Å². The quantitative estimate of drug-likeness (QED) is 0.678. The lowest BCUT2D eigenvalue weighted by atomic mass is 10.00. The highest BCUT2D eigenvalue weighted by atomic mass is 16.5. The van der Waals surface area contributed by atoms with Crippen molar-refractivity contribution in [3.05, 3.63) is 47.5 Å². The zero-order chi connectivity index (χ0) is 20.5. The third-order valence-electron chi connectivity index (χ3n) is 4.60. The molecule has 0 aromatic heterocycles. The lowest BCUT2D eigenvalue weighted by molar-refractivity contribution is -0.124. The highest BCUT2D eigenvalue weighted by Crippen LogP contribution is 2.29. The molecule has 0 heterocycles. The van der Waals surface area contributed by atoms with E-state index >= 15 is 0 Å². The molecule has 1 unspecified atom stereocenters. The van der Waals surface area contributed by atoms with Crippen LogP contribution in [0.3, 0.4) is 0 Å². The topological polar surface area (TPSA) is 66.0 Å². The van der Waals surface area contributed by atoms with Gasteiger partial charge in [0, 0.05) is 12.5 Å². The van der Waals surface area contributed by atoms with Gasteiger partial charge in [0.25, 0.3) is 0 Å². The monoisotopic (exact) mass is 387 g/mol. The fraction of sp³-hybridized carbons (Fsp3) is 0.409. The molecule has 6 heteroatoms. The van der Waals surface area contributed by atoms with Gasteiger partial charge in [0.15, 0.2) is 23.0 Å². The smallest absolute Gasteiger partial charge is 0.223 e. The molecule has 0 bridgehead atoms. The molecule has 1 atom stereocenters. The van der Waals surface area contributed by atoms with Crippen LogP contribution in [0.15, 0.2) is 36.4 Å². The van der Waals surface area contributed by atoms with Crippen LogP contribution in [0.1, 0.15) is 18.1 Å². The summed E-state index contributed by atoms with van der Waals surface area (Å²) >= 11 is 0. The van der Waals surface area contributed by atoms with Crippen molar-refractivity contribution in [1.29, 1.82) is 0 Å². The van der Waals surface area contributed by atoms with Crippen molar-refractivity contribution in [2.75, 3.05) is 35.0 Å². The van der Waals surface area contributed by atoms with Gasteiger partial charge in [-0.25, -0.2) is 0 Å². The lowest BCUT2D eigenvalue weighted by Gasteiger charge is -2.14. The van der Waals surface area contributed by atoms with Crippen molar-refractivity contribution in [3.63, 3.8) is 0 Å². The summed E-state index contributed by atoms with van der Waals surface area (Å²) in [6, 6.07) is 11.5. The summed E-state index contributed by atoms with van der Waals surface area (Å²) in [5, 5.41) is 3.00. The van der Waals surface area contributed by atoms with Gasteiger partial charge < -0.3 is 24.3 Å². The first kappa shape index (κ1) is 21.4. The summed E-state index contributed by atoms with van der Waals surface area (Å²) in [4.78, 5) is 12.4. The Morgan fingerprint density at radius 2 is 1.32 bits per heavy atom. The van der Waals surface area contributed by atoms with E-state index in [0.29, 0.717) is 36.0 Å². The molecule has 0 saturated heterocycles. The molecule has 0 spiro atoms. The Kier molecular flexibility index (Phi) is 7.99. The molecule has 1 N–H and O–H groups in total. The Bertz CT molecular complexity index is 790. The number of carbonyl (C=O) groups is 1. The molecule has 2 aromatic carbocycles. The summed E-state index contributed by atoms with van der Waals surface area (Å²) in [5.41, 5.74) is 2.10. The SMILES string of the molecule is COc1ccc(CCNC(=O)C(C)Cc2ccc(OC)c(OC)c2)cc1OC. The first-order valence-corrected chi connectivity index (χ1v) is 9.21. The molecule has 152 valence electrons. The van der Waals surface area contributed by atoms with Gasteiger partial charge in [0.05, 0.1) is 28.4 Å². The first-order chi connectivity index (χ1) is 13.5. The average Bonchev–Trinajstić information content (AvgIpc) is 2.73. The second-order valence-electron chi connectivity index (χ2n) is 6.52. The molecule has 0 saturated carbocycles. The average molecular weight is 387 g/mol. The van der Waals surface area contributed by atoms with Gasteiger partial charge in [-0.1, -0.05) is 19.1 Å². The number of rotatable bonds is 10. The summed E-state index contributed by atoms with van der Waals surface area (Å²) in [6.07, 6.45) is 1.34. The van der Waals surface area contributed by atoms with E-state index in [0.717, 1.165) is 17.5 Å². The van der Waals surface area contributed by atoms with Gasteiger partial charge >= 0.3 is 0 Å². The molecule has 2 aromatic rings. The zero-order valence-electron chi connectivity index (χ0n) is 17.2. The van der Waals surface area contributed by atoms with E-state index in [9.17, 15) is 4.79 Å². The zero-order valence-corrected chi connectivity index (χ0v) is 17.2. The largest absolute Gasteiger partial charge is 0.493 e. The van der Waals surface area contributed by atoms with Crippen molar-refractivity contribution < 1.29 is 23.7 Å². The molecule has 6 nitrogen and oxygen atoms in total. The van der Waals surface area contributed by atoms with Crippen LogP contribution in [0.4, 0.5) is 0 Å². The Morgan fingerprint density at radius 3 is 1.86 bits per heavy atom. The van der Waals surface area contributed by atoms with E-state index in [-0.39, 0.29) is 11.8 Å². The van der Waals surface area contributed by atoms with Crippen LogP contribution in [0, 0.1) is 5.92 Å². The Morgan fingerprint density at radius 1 is 0.821 bits per heavy atom. The number of hydrogen-bond acceptors (Lipinski definition) is 5. The Hall–Kier alpha value is -2.89. The normalized spacial score (nSPS) is 11.5. The second-order valence-corrected chi connectivity index (χ2v) is 6.52. The number of carbonyl (C=O) groups excluding carboxylic acids is 1. The minimum atomic E-state index is -0.150. The van der Waals surface area contributed by atoms with Crippen LogP contribution in [-0.4, -0.2) is 40.9 Å². The van der Waals surface area contributed by atoms with Gasteiger partial charge in [0.1, 0.15) is 0 Å². The van der Waals surface area contributed by atoms with Gasteiger partial charge in [-0.05, 0) is 48.2 Å². The van der Waals surface area contributed by atoms with Crippen molar-refractivity contribution in [3.8, 4) is 23.0 Å². The molecule has 2 rings (SSSR count). The molecular weight excluding hydrogens is 358 g/mol. The van der Waals surface area contributed by atoms with Crippen LogP contribution in [0.2, 0.25) is 0 Å². The van der Waals surface area contributed by atoms with E-state index in [1.54, 1.807) is 28.4 Å². The van der Waals surface area contributed by atoms with Crippen LogP contribution in [0.25, 0.3) is 0 Å².